The number of benzene rings is 1. The van der Waals surface area contributed by atoms with E-state index in [0.717, 1.165) is 44.6 Å². The van der Waals surface area contributed by atoms with Crippen LogP contribution in [0.2, 0.25) is 0 Å². The first kappa shape index (κ1) is 21.3. The molecule has 0 spiro atoms. The van der Waals surface area contributed by atoms with Crippen molar-refractivity contribution in [2.75, 3.05) is 34.2 Å². The number of nitrogens with zero attached hydrogens (tertiary/aromatic N) is 2. The fraction of sp³-hybridized carbons (Fsp3) is 0.636. The Bertz CT molecular complexity index is 631. The average molecular weight is 373 g/mol. The molecule has 0 radical (unpaired) electrons. The van der Waals surface area contributed by atoms with Gasteiger partial charge in [0.05, 0.1) is 5.41 Å². The summed E-state index contributed by atoms with van der Waals surface area (Å²) in [5, 5.41) is 6.87. The largest absolute Gasteiger partial charge is 0.356 e. The van der Waals surface area contributed by atoms with Gasteiger partial charge < -0.3 is 15.5 Å². The molecule has 0 atom stereocenters. The van der Waals surface area contributed by atoms with E-state index in [0.29, 0.717) is 6.54 Å². The van der Waals surface area contributed by atoms with Crippen LogP contribution >= 0.6 is 0 Å². The predicted octanol–water partition coefficient (Wildman–Crippen LogP) is 3.07. The Labute approximate surface area is 164 Å². The molecule has 1 amide bonds. The van der Waals surface area contributed by atoms with E-state index in [-0.39, 0.29) is 16.7 Å². The van der Waals surface area contributed by atoms with E-state index in [1.165, 1.54) is 5.56 Å². The minimum absolute atomic E-state index is 0.101. The number of hydrogen-bond acceptors (Lipinski definition) is 2. The van der Waals surface area contributed by atoms with Gasteiger partial charge in [0.25, 0.3) is 0 Å². The number of hydrogen-bond donors (Lipinski definition) is 2. The van der Waals surface area contributed by atoms with Crippen molar-refractivity contribution < 1.29 is 4.79 Å². The first-order valence-corrected chi connectivity index (χ1v) is 9.98. The van der Waals surface area contributed by atoms with Crippen molar-refractivity contribution in [1.29, 1.82) is 0 Å². The third kappa shape index (κ3) is 5.98. The highest BCUT2D eigenvalue weighted by Gasteiger charge is 2.42. The summed E-state index contributed by atoms with van der Waals surface area (Å²) in [5.41, 5.74) is 1.15. The highest BCUT2D eigenvalue weighted by Crippen LogP contribution is 2.38. The summed E-state index contributed by atoms with van der Waals surface area (Å²) in [6.45, 7) is 5.97. The minimum Gasteiger partial charge on any atom is -0.356 e. The lowest BCUT2D eigenvalue weighted by Crippen LogP contribution is -2.50. The van der Waals surface area contributed by atoms with Crippen LogP contribution in [0.25, 0.3) is 0 Å². The molecule has 0 unspecified atom stereocenters. The molecule has 1 aliphatic rings. The molecule has 0 aliphatic heterocycles. The lowest BCUT2D eigenvalue weighted by atomic mass is 9.84. The lowest BCUT2D eigenvalue weighted by Gasteiger charge is -2.32. The van der Waals surface area contributed by atoms with Crippen LogP contribution in [0.1, 0.15) is 45.1 Å². The van der Waals surface area contributed by atoms with Gasteiger partial charge in [-0.15, -0.1) is 0 Å². The van der Waals surface area contributed by atoms with Crippen LogP contribution in [0.3, 0.4) is 0 Å². The van der Waals surface area contributed by atoms with Crippen LogP contribution in [0.4, 0.5) is 0 Å². The van der Waals surface area contributed by atoms with Gasteiger partial charge in [-0.2, -0.15) is 0 Å². The molecule has 1 aliphatic carbocycles. The maximum atomic E-state index is 12.7. The first-order chi connectivity index (χ1) is 12.8. The average Bonchev–Trinajstić information content (AvgIpc) is 3.11. The Morgan fingerprint density at radius 1 is 1.15 bits per heavy atom. The van der Waals surface area contributed by atoms with Crippen molar-refractivity contribution in [3.05, 3.63) is 35.9 Å². The van der Waals surface area contributed by atoms with Gasteiger partial charge in [-0.1, -0.05) is 57.0 Å². The van der Waals surface area contributed by atoms with Crippen LogP contribution in [0.5, 0.6) is 0 Å². The Morgan fingerprint density at radius 2 is 1.78 bits per heavy atom. The van der Waals surface area contributed by atoms with E-state index in [4.69, 9.17) is 0 Å². The molecule has 1 aromatic rings. The summed E-state index contributed by atoms with van der Waals surface area (Å²) in [5.74, 6) is 1.00. The van der Waals surface area contributed by atoms with Gasteiger partial charge in [-0.25, -0.2) is 0 Å². The zero-order valence-corrected chi connectivity index (χ0v) is 17.6. The molecule has 150 valence electrons. The van der Waals surface area contributed by atoms with Crippen molar-refractivity contribution in [2.24, 2.45) is 15.8 Å². The van der Waals surface area contributed by atoms with E-state index in [1.807, 2.05) is 20.2 Å². The molecule has 27 heavy (non-hydrogen) atoms. The number of aliphatic imine (C=N–C) groups is 1. The molecule has 0 heterocycles. The summed E-state index contributed by atoms with van der Waals surface area (Å²) in [6, 6.07) is 10.6. The van der Waals surface area contributed by atoms with E-state index >= 15 is 0 Å². The highest BCUT2D eigenvalue weighted by molar-refractivity contribution is 5.85. The first-order valence-electron chi connectivity index (χ1n) is 9.98. The zero-order valence-electron chi connectivity index (χ0n) is 17.6. The molecule has 1 fully saturated rings. The molecule has 1 saturated carbocycles. The molecule has 0 aromatic heterocycles. The quantitative estimate of drug-likeness (QED) is 0.571. The molecule has 5 heteroatoms. The standard InChI is InChI=1S/C22H36N4O/c1-21(2,15-18-11-7-6-8-12-18)16-24-20(23-3)25-17-22(13-9-10-14-22)19(27)26(4)5/h6-8,11-12H,9-10,13-17H2,1-5H3,(H2,23,24,25). The number of carbonyl (C=O) groups excluding carboxylic acids is 1. The van der Waals surface area contributed by atoms with Gasteiger partial charge >= 0.3 is 0 Å². The fourth-order valence-corrected chi connectivity index (χ4v) is 4.00. The highest BCUT2D eigenvalue weighted by atomic mass is 16.2. The van der Waals surface area contributed by atoms with Gasteiger partial charge in [0.15, 0.2) is 5.96 Å². The monoisotopic (exact) mass is 372 g/mol. The Hall–Kier alpha value is -2.04. The number of amides is 1. The summed E-state index contributed by atoms with van der Waals surface area (Å²) < 4.78 is 0. The SMILES string of the molecule is CN=C(NCC(C)(C)Cc1ccccc1)NCC1(C(=O)N(C)C)CCCC1. The van der Waals surface area contributed by atoms with Crippen molar-refractivity contribution in [3.63, 3.8) is 0 Å². The van der Waals surface area contributed by atoms with Gasteiger partial charge in [-0.05, 0) is 30.2 Å². The molecule has 2 N–H and O–H groups in total. The van der Waals surface area contributed by atoms with Crippen molar-refractivity contribution >= 4 is 11.9 Å². The van der Waals surface area contributed by atoms with Crippen molar-refractivity contribution in [2.45, 2.75) is 46.0 Å². The van der Waals surface area contributed by atoms with E-state index in [9.17, 15) is 4.79 Å². The van der Waals surface area contributed by atoms with E-state index in [2.05, 4.69) is 53.7 Å². The maximum Gasteiger partial charge on any atom is 0.230 e. The Kier molecular flexibility index (Phi) is 7.28. The maximum absolute atomic E-state index is 12.7. The second-order valence-electron chi connectivity index (χ2n) is 8.79. The van der Waals surface area contributed by atoms with Crippen LogP contribution in [0.15, 0.2) is 35.3 Å². The normalized spacial score (nSPS) is 16.9. The van der Waals surface area contributed by atoms with Crippen molar-refractivity contribution in [3.8, 4) is 0 Å². The smallest absolute Gasteiger partial charge is 0.230 e. The molecular weight excluding hydrogens is 336 g/mol. The van der Waals surface area contributed by atoms with Gasteiger partial charge in [0.2, 0.25) is 5.91 Å². The van der Waals surface area contributed by atoms with Gasteiger partial charge in [-0.3, -0.25) is 9.79 Å². The second kappa shape index (κ2) is 9.25. The molecule has 0 saturated heterocycles. The molecule has 2 rings (SSSR count). The van der Waals surface area contributed by atoms with Gasteiger partial charge in [0.1, 0.15) is 0 Å². The summed E-state index contributed by atoms with van der Waals surface area (Å²) >= 11 is 0. The van der Waals surface area contributed by atoms with Crippen LogP contribution in [0, 0.1) is 10.8 Å². The Balaban J connectivity index is 1.90. The third-order valence-corrected chi connectivity index (χ3v) is 5.50. The van der Waals surface area contributed by atoms with Crippen molar-refractivity contribution in [1.82, 2.24) is 15.5 Å². The molecule has 1 aromatic carbocycles. The molecule has 5 nitrogen and oxygen atoms in total. The molecular formula is C22H36N4O. The number of nitrogens with one attached hydrogen (secondary N) is 2. The Morgan fingerprint density at radius 3 is 2.33 bits per heavy atom. The predicted molar refractivity (Wildman–Crippen MR) is 113 cm³/mol. The van der Waals surface area contributed by atoms with E-state index < -0.39 is 0 Å². The second-order valence-corrected chi connectivity index (χ2v) is 8.79. The third-order valence-electron chi connectivity index (χ3n) is 5.50. The van der Waals surface area contributed by atoms with Crippen LogP contribution in [-0.4, -0.2) is 51.0 Å². The van der Waals surface area contributed by atoms with Crippen LogP contribution in [-0.2, 0) is 11.2 Å². The minimum atomic E-state index is -0.291. The summed E-state index contributed by atoms with van der Waals surface area (Å²) in [6.07, 6.45) is 5.15. The van der Waals surface area contributed by atoms with Crippen LogP contribution < -0.4 is 10.6 Å². The van der Waals surface area contributed by atoms with Gasteiger partial charge in [0, 0.05) is 34.2 Å². The number of rotatable bonds is 7. The summed E-state index contributed by atoms with van der Waals surface area (Å²) in [7, 11) is 5.48. The number of carbonyl (C=O) groups is 1. The van der Waals surface area contributed by atoms with E-state index in [1.54, 1.807) is 11.9 Å². The lowest BCUT2D eigenvalue weighted by molar-refractivity contribution is -0.138. The molecule has 0 bridgehead atoms. The topological polar surface area (TPSA) is 56.7 Å². The fourth-order valence-electron chi connectivity index (χ4n) is 4.00. The summed E-state index contributed by atoms with van der Waals surface area (Å²) in [4.78, 5) is 18.8. The number of guanidine groups is 1. The zero-order chi connectivity index (χ0) is 19.9.